The zero-order valence-electron chi connectivity index (χ0n) is 14.3. The second-order valence-corrected chi connectivity index (χ2v) is 6.63. The second kappa shape index (κ2) is 8.87. The van der Waals surface area contributed by atoms with Crippen LogP contribution in [0.1, 0.15) is 58.3 Å². The molecule has 25 heavy (non-hydrogen) atoms. The summed E-state index contributed by atoms with van der Waals surface area (Å²) in [4.78, 5) is 21.6. The van der Waals surface area contributed by atoms with E-state index < -0.39 is 28.2 Å². The number of hydrogen-bond donors (Lipinski definition) is 0. The van der Waals surface area contributed by atoms with E-state index >= 15 is 0 Å². The van der Waals surface area contributed by atoms with E-state index in [-0.39, 0.29) is 11.7 Å². The minimum Gasteiger partial charge on any atom is -0.426 e. The number of hydrogen-bond acceptors (Lipinski definition) is 4. The Bertz CT molecular complexity index is 604. The van der Waals surface area contributed by atoms with Crippen molar-refractivity contribution in [2.24, 2.45) is 11.8 Å². The fourth-order valence-corrected chi connectivity index (χ4v) is 3.34. The molecular weight excluding hydrogens is 332 g/mol. The van der Waals surface area contributed by atoms with E-state index in [1.807, 2.05) is 0 Å². The van der Waals surface area contributed by atoms with Crippen LogP contribution >= 0.6 is 0 Å². The van der Waals surface area contributed by atoms with Crippen molar-refractivity contribution in [2.45, 2.75) is 58.3 Å². The Kier molecular flexibility index (Phi) is 6.84. The monoisotopic (exact) mass is 355 g/mol. The number of unbranched alkanes of at least 4 members (excludes halogenated alkanes) is 2. The van der Waals surface area contributed by atoms with Crippen LogP contribution in [-0.2, 0) is 4.79 Å². The predicted octanol–water partition coefficient (Wildman–Crippen LogP) is 5.17. The molecule has 7 heteroatoms. The molecule has 0 saturated heterocycles. The molecule has 0 heterocycles. The normalized spacial score (nSPS) is 20.3. The Morgan fingerprint density at radius 1 is 1.20 bits per heavy atom. The highest BCUT2D eigenvalue weighted by atomic mass is 19.1. The van der Waals surface area contributed by atoms with Crippen molar-refractivity contribution in [3.05, 3.63) is 33.9 Å². The number of nitro benzene ring substituents is 1. The van der Waals surface area contributed by atoms with Gasteiger partial charge in [-0.1, -0.05) is 32.6 Å². The van der Waals surface area contributed by atoms with Gasteiger partial charge in [0.15, 0.2) is 0 Å². The van der Waals surface area contributed by atoms with Crippen LogP contribution < -0.4 is 4.74 Å². The van der Waals surface area contributed by atoms with Crippen LogP contribution in [0.5, 0.6) is 5.75 Å². The minimum atomic E-state index is -1.35. The number of benzene rings is 1. The summed E-state index contributed by atoms with van der Waals surface area (Å²) in [7, 11) is 0. The van der Waals surface area contributed by atoms with Crippen LogP contribution in [0.25, 0.3) is 0 Å². The number of carbonyl (C=O) groups is 1. The van der Waals surface area contributed by atoms with Gasteiger partial charge in [-0.3, -0.25) is 14.9 Å². The van der Waals surface area contributed by atoms with Gasteiger partial charge in [-0.25, -0.2) is 0 Å². The van der Waals surface area contributed by atoms with Gasteiger partial charge in [0.05, 0.1) is 10.8 Å². The lowest BCUT2D eigenvalue weighted by Gasteiger charge is -2.27. The van der Waals surface area contributed by atoms with Crippen molar-refractivity contribution in [2.75, 3.05) is 0 Å². The van der Waals surface area contributed by atoms with Gasteiger partial charge in [-0.2, -0.15) is 8.78 Å². The highest BCUT2D eigenvalue weighted by Crippen LogP contribution is 2.33. The zero-order chi connectivity index (χ0) is 18.4. The van der Waals surface area contributed by atoms with Gasteiger partial charge < -0.3 is 4.74 Å². The van der Waals surface area contributed by atoms with Crippen LogP contribution in [0.2, 0.25) is 0 Å². The molecule has 5 nitrogen and oxygen atoms in total. The fraction of sp³-hybridized carbons (Fsp3) is 0.611. The number of nitro groups is 1. The van der Waals surface area contributed by atoms with Gasteiger partial charge in [-0.15, -0.1) is 0 Å². The number of ether oxygens (including phenoxy) is 1. The van der Waals surface area contributed by atoms with E-state index in [0.717, 1.165) is 12.8 Å². The molecule has 0 radical (unpaired) electrons. The summed E-state index contributed by atoms with van der Waals surface area (Å²) in [6.07, 6.45) is 8.09. The third kappa shape index (κ3) is 5.21. The molecule has 0 aromatic heterocycles. The van der Waals surface area contributed by atoms with Crippen molar-refractivity contribution < 1.29 is 23.2 Å². The molecule has 2 rings (SSSR count). The summed E-state index contributed by atoms with van der Waals surface area (Å²) in [5.41, 5.74) is -1.24. The van der Waals surface area contributed by atoms with Gasteiger partial charge in [0.25, 0.3) is 0 Å². The van der Waals surface area contributed by atoms with Crippen LogP contribution in [0.3, 0.4) is 0 Å². The average molecular weight is 355 g/mol. The number of halogens is 2. The number of esters is 1. The molecule has 0 unspecified atom stereocenters. The Hall–Kier alpha value is -2.05. The Labute approximate surface area is 145 Å². The first-order chi connectivity index (χ1) is 11.9. The lowest BCUT2D eigenvalue weighted by Crippen LogP contribution is -2.25. The maximum absolute atomic E-state index is 13.6. The number of nitrogens with zero attached hydrogens (tertiary/aromatic N) is 1. The van der Waals surface area contributed by atoms with Crippen LogP contribution in [0.4, 0.5) is 14.5 Å². The van der Waals surface area contributed by atoms with Gasteiger partial charge in [0.1, 0.15) is 5.75 Å². The summed E-state index contributed by atoms with van der Waals surface area (Å²) >= 11 is 0. The molecule has 0 amide bonds. The van der Waals surface area contributed by atoms with E-state index in [1.54, 1.807) is 0 Å². The van der Waals surface area contributed by atoms with Gasteiger partial charge in [0.2, 0.25) is 11.6 Å². The molecular formula is C18H23F2NO4. The van der Waals surface area contributed by atoms with Gasteiger partial charge in [0, 0.05) is 12.1 Å². The summed E-state index contributed by atoms with van der Waals surface area (Å²) in [6, 6.07) is 1.35. The SMILES string of the molecule is CCCCC[C@H]1CC[C@H](C(=O)Oc2cc(F)c([N+](=O)[O-])c(F)c2)CC1. The molecule has 1 aromatic rings. The highest BCUT2D eigenvalue weighted by molar-refractivity contribution is 5.75. The molecule has 138 valence electrons. The molecule has 0 N–H and O–H groups in total. The maximum Gasteiger partial charge on any atom is 0.340 e. The molecule has 1 aliphatic rings. The smallest absolute Gasteiger partial charge is 0.340 e. The Balaban J connectivity index is 1.90. The van der Waals surface area contributed by atoms with E-state index in [4.69, 9.17) is 4.74 Å². The van der Waals surface area contributed by atoms with Crippen molar-refractivity contribution >= 4 is 11.7 Å². The summed E-state index contributed by atoms with van der Waals surface area (Å²) in [6.45, 7) is 2.16. The number of carbonyl (C=O) groups excluding carboxylic acids is 1. The quantitative estimate of drug-likeness (QED) is 0.223. The van der Waals surface area contributed by atoms with E-state index in [9.17, 15) is 23.7 Å². The first-order valence-corrected chi connectivity index (χ1v) is 8.77. The largest absolute Gasteiger partial charge is 0.426 e. The molecule has 0 bridgehead atoms. The summed E-state index contributed by atoms with van der Waals surface area (Å²) in [5, 5.41) is 10.6. The topological polar surface area (TPSA) is 69.4 Å². The fourth-order valence-electron chi connectivity index (χ4n) is 3.34. The van der Waals surface area contributed by atoms with Crippen LogP contribution in [-0.4, -0.2) is 10.9 Å². The first-order valence-electron chi connectivity index (χ1n) is 8.77. The molecule has 1 aliphatic carbocycles. The van der Waals surface area contributed by atoms with Crippen LogP contribution in [0.15, 0.2) is 12.1 Å². The average Bonchev–Trinajstić information content (AvgIpc) is 2.54. The standard InChI is InChI=1S/C18H23F2NO4/c1-2-3-4-5-12-6-8-13(9-7-12)18(22)25-14-10-15(19)17(21(23)24)16(20)11-14/h10-13H,2-9H2,1H3/t12-,13-. The van der Waals surface area contributed by atoms with Crippen molar-refractivity contribution in [1.29, 1.82) is 0 Å². The van der Waals surface area contributed by atoms with Gasteiger partial charge >= 0.3 is 11.7 Å². The minimum absolute atomic E-state index is 0.288. The van der Waals surface area contributed by atoms with Crippen LogP contribution in [0, 0.1) is 33.6 Å². The lowest BCUT2D eigenvalue weighted by atomic mass is 9.80. The lowest BCUT2D eigenvalue weighted by molar-refractivity contribution is -0.390. The third-order valence-electron chi connectivity index (χ3n) is 4.79. The summed E-state index contributed by atoms with van der Waals surface area (Å²) in [5.74, 6) is -3.23. The molecule has 0 aliphatic heterocycles. The summed E-state index contributed by atoms with van der Waals surface area (Å²) < 4.78 is 32.2. The molecule has 0 spiro atoms. The molecule has 1 fully saturated rings. The van der Waals surface area contributed by atoms with E-state index in [1.165, 1.54) is 25.7 Å². The number of rotatable bonds is 7. The van der Waals surface area contributed by atoms with Crippen molar-refractivity contribution in [3.8, 4) is 5.75 Å². The third-order valence-corrected chi connectivity index (χ3v) is 4.79. The van der Waals surface area contributed by atoms with E-state index in [0.29, 0.717) is 30.9 Å². The molecule has 1 saturated carbocycles. The van der Waals surface area contributed by atoms with Crippen molar-refractivity contribution in [1.82, 2.24) is 0 Å². The Morgan fingerprint density at radius 3 is 2.32 bits per heavy atom. The predicted molar refractivity (Wildman–Crippen MR) is 88.2 cm³/mol. The second-order valence-electron chi connectivity index (χ2n) is 6.63. The first kappa shape index (κ1) is 19.3. The zero-order valence-corrected chi connectivity index (χ0v) is 14.3. The molecule has 1 aromatic carbocycles. The van der Waals surface area contributed by atoms with Gasteiger partial charge in [-0.05, 0) is 31.6 Å². The Morgan fingerprint density at radius 2 is 1.80 bits per heavy atom. The maximum atomic E-state index is 13.6. The molecule has 0 atom stereocenters. The van der Waals surface area contributed by atoms with Crippen molar-refractivity contribution in [3.63, 3.8) is 0 Å². The van der Waals surface area contributed by atoms with E-state index in [2.05, 4.69) is 6.92 Å². The highest BCUT2D eigenvalue weighted by Gasteiger charge is 2.29.